The van der Waals surface area contributed by atoms with Crippen molar-refractivity contribution in [1.82, 2.24) is 10.2 Å². The maximum absolute atomic E-state index is 12.2. The largest absolute Gasteiger partial charge is 0.393 e. The number of hydrogen-bond donors (Lipinski definition) is 2. The monoisotopic (exact) mass is 292 g/mol. The molecule has 0 fully saturated rings. The maximum Gasteiger partial charge on any atom is 0.257 e. The van der Waals surface area contributed by atoms with E-state index in [1.807, 2.05) is 19.1 Å². The predicted molar refractivity (Wildman–Crippen MR) is 79.5 cm³/mol. The number of aryl methyl sites for hydroxylation is 1. The van der Waals surface area contributed by atoms with Crippen LogP contribution in [0.1, 0.15) is 20.9 Å². The molecule has 0 unspecified atom stereocenters. The fraction of sp³-hybridized carbons (Fsp3) is 0.167. The van der Waals surface area contributed by atoms with E-state index in [1.165, 1.54) is 11.3 Å². The van der Waals surface area contributed by atoms with Gasteiger partial charge in [0.25, 0.3) is 5.91 Å². The van der Waals surface area contributed by atoms with Crippen molar-refractivity contribution >= 4 is 39.6 Å². The molecule has 0 saturated heterocycles. The van der Waals surface area contributed by atoms with Crippen molar-refractivity contribution in [1.29, 1.82) is 0 Å². The van der Waals surface area contributed by atoms with Crippen LogP contribution in [0.3, 0.4) is 0 Å². The van der Waals surface area contributed by atoms with Gasteiger partial charge in [-0.1, -0.05) is 41.8 Å². The van der Waals surface area contributed by atoms with Crippen molar-refractivity contribution in [3.63, 3.8) is 0 Å². The summed E-state index contributed by atoms with van der Waals surface area (Å²) in [4.78, 5) is 12.5. The molecule has 0 radical (unpaired) electrons. The molecule has 0 aliphatic heterocycles. The summed E-state index contributed by atoms with van der Waals surface area (Å²) < 4.78 is 0. The van der Waals surface area contributed by atoms with Gasteiger partial charge in [-0.2, -0.15) is 0 Å². The minimum Gasteiger partial charge on any atom is -0.393 e. The van der Waals surface area contributed by atoms with Crippen LogP contribution in [0.15, 0.2) is 24.3 Å². The first-order valence-electron chi connectivity index (χ1n) is 5.54. The van der Waals surface area contributed by atoms with Crippen molar-refractivity contribution < 1.29 is 4.79 Å². The standard InChI is InChI=1S/C12H12N4OS2/c1-7-15-16-12(19-7)14-11(17)9-5-3-2-4-8(9)6-10(13)18/h2-5H,6H2,1H3,(H2,13,18)(H,14,16,17). The van der Waals surface area contributed by atoms with Crippen LogP contribution in [0.25, 0.3) is 0 Å². The normalized spacial score (nSPS) is 10.2. The molecule has 0 aliphatic rings. The summed E-state index contributed by atoms with van der Waals surface area (Å²) in [7, 11) is 0. The van der Waals surface area contributed by atoms with Gasteiger partial charge in [-0.15, -0.1) is 10.2 Å². The van der Waals surface area contributed by atoms with E-state index in [1.54, 1.807) is 12.1 Å². The van der Waals surface area contributed by atoms with E-state index in [-0.39, 0.29) is 5.91 Å². The summed E-state index contributed by atoms with van der Waals surface area (Å²) in [6.07, 6.45) is 0.397. The predicted octanol–water partition coefficient (Wildman–Crippen LogP) is 1.93. The van der Waals surface area contributed by atoms with E-state index in [4.69, 9.17) is 18.0 Å². The van der Waals surface area contributed by atoms with Crippen LogP contribution >= 0.6 is 23.6 Å². The second-order valence-corrected chi connectivity index (χ2v) is 5.59. The second kappa shape index (κ2) is 5.85. The van der Waals surface area contributed by atoms with Gasteiger partial charge in [-0.3, -0.25) is 10.1 Å². The number of carbonyl (C=O) groups is 1. The van der Waals surface area contributed by atoms with Crippen LogP contribution in [-0.2, 0) is 6.42 Å². The molecule has 0 atom stereocenters. The lowest BCUT2D eigenvalue weighted by atomic mass is 10.0. The number of benzene rings is 1. The first-order valence-corrected chi connectivity index (χ1v) is 6.76. The average Bonchev–Trinajstić information content (AvgIpc) is 2.74. The summed E-state index contributed by atoms with van der Waals surface area (Å²) in [6, 6.07) is 7.21. The van der Waals surface area contributed by atoms with Gasteiger partial charge in [0.05, 0.1) is 4.99 Å². The minimum absolute atomic E-state index is 0.233. The zero-order valence-corrected chi connectivity index (χ0v) is 11.8. The zero-order valence-electron chi connectivity index (χ0n) is 10.2. The quantitative estimate of drug-likeness (QED) is 0.842. The fourth-order valence-electron chi connectivity index (χ4n) is 1.60. The molecule has 5 nitrogen and oxygen atoms in total. The van der Waals surface area contributed by atoms with Crippen LogP contribution < -0.4 is 11.1 Å². The van der Waals surface area contributed by atoms with Gasteiger partial charge in [-0.05, 0) is 18.6 Å². The first kappa shape index (κ1) is 13.6. The number of nitrogens with zero attached hydrogens (tertiary/aromatic N) is 2. The van der Waals surface area contributed by atoms with Gasteiger partial charge in [0, 0.05) is 12.0 Å². The van der Waals surface area contributed by atoms with Gasteiger partial charge in [0.2, 0.25) is 5.13 Å². The third kappa shape index (κ3) is 3.55. The lowest BCUT2D eigenvalue weighted by Crippen LogP contribution is -2.18. The Labute approximate surface area is 119 Å². The molecular formula is C12H12N4OS2. The average molecular weight is 292 g/mol. The van der Waals surface area contributed by atoms with Crippen molar-refractivity contribution in [2.75, 3.05) is 5.32 Å². The van der Waals surface area contributed by atoms with Crippen LogP contribution in [-0.4, -0.2) is 21.1 Å². The van der Waals surface area contributed by atoms with Crippen molar-refractivity contribution in [2.24, 2.45) is 5.73 Å². The van der Waals surface area contributed by atoms with Gasteiger partial charge in [0.15, 0.2) is 0 Å². The number of hydrogen-bond acceptors (Lipinski definition) is 5. The fourth-order valence-corrected chi connectivity index (χ4v) is 2.34. The van der Waals surface area contributed by atoms with E-state index in [0.29, 0.717) is 22.1 Å². The van der Waals surface area contributed by atoms with Gasteiger partial charge >= 0.3 is 0 Å². The molecule has 1 heterocycles. The summed E-state index contributed by atoms with van der Waals surface area (Å²) in [5.41, 5.74) is 6.87. The lowest BCUT2D eigenvalue weighted by molar-refractivity contribution is 0.102. The molecule has 0 spiro atoms. The third-order valence-corrected chi connectivity index (χ3v) is 3.27. The highest BCUT2D eigenvalue weighted by atomic mass is 32.1. The smallest absolute Gasteiger partial charge is 0.257 e. The second-order valence-electron chi connectivity index (χ2n) is 3.88. The minimum atomic E-state index is -0.233. The number of amides is 1. The molecule has 2 rings (SSSR count). The lowest BCUT2D eigenvalue weighted by Gasteiger charge is -2.07. The van der Waals surface area contributed by atoms with Crippen molar-refractivity contribution in [3.8, 4) is 0 Å². The number of nitrogens with two attached hydrogens (primary N) is 1. The number of carbonyl (C=O) groups excluding carboxylic acids is 1. The zero-order chi connectivity index (χ0) is 13.8. The molecule has 1 amide bonds. The first-order chi connectivity index (χ1) is 9.06. The summed E-state index contributed by atoms with van der Waals surface area (Å²) in [5, 5.41) is 11.7. The topological polar surface area (TPSA) is 80.9 Å². The molecule has 19 heavy (non-hydrogen) atoms. The molecule has 2 aromatic rings. The molecule has 0 bridgehead atoms. The number of thiocarbonyl (C=S) groups is 1. The SMILES string of the molecule is Cc1nnc(NC(=O)c2ccccc2CC(N)=S)s1. The van der Waals surface area contributed by atoms with Gasteiger partial charge in [0.1, 0.15) is 5.01 Å². The van der Waals surface area contributed by atoms with E-state index < -0.39 is 0 Å². The Balaban J connectivity index is 2.21. The molecule has 1 aromatic carbocycles. The van der Waals surface area contributed by atoms with Crippen LogP contribution in [0.2, 0.25) is 0 Å². The summed E-state index contributed by atoms with van der Waals surface area (Å²) >= 11 is 6.21. The number of rotatable bonds is 4. The molecule has 0 saturated carbocycles. The highest BCUT2D eigenvalue weighted by molar-refractivity contribution is 7.80. The Morgan fingerprint density at radius 3 is 2.79 bits per heavy atom. The molecular weight excluding hydrogens is 280 g/mol. The van der Waals surface area contributed by atoms with Crippen molar-refractivity contribution in [2.45, 2.75) is 13.3 Å². The Morgan fingerprint density at radius 1 is 1.42 bits per heavy atom. The number of anilines is 1. The third-order valence-electron chi connectivity index (χ3n) is 2.37. The van der Waals surface area contributed by atoms with Gasteiger partial charge in [-0.25, -0.2) is 0 Å². The Morgan fingerprint density at radius 2 is 2.16 bits per heavy atom. The highest BCUT2D eigenvalue weighted by Crippen LogP contribution is 2.17. The maximum atomic E-state index is 12.2. The van der Waals surface area contributed by atoms with Crippen LogP contribution in [0, 0.1) is 6.92 Å². The summed E-state index contributed by atoms with van der Waals surface area (Å²) in [6.45, 7) is 1.83. The summed E-state index contributed by atoms with van der Waals surface area (Å²) in [5.74, 6) is -0.233. The Kier molecular flexibility index (Phi) is 4.18. The van der Waals surface area contributed by atoms with Crippen LogP contribution in [0.4, 0.5) is 5.13 Å². The molecule has 3 N–H and O–H groups in total. The molecule has 98 valence electrons. The molecule has 1 aromatic heterocycles. The van der Waals surface area contributed by atoms with E-state index in [0.717, 1.165) is 10.6 Å². The van der Waals surface area contributed by atoms with Crippen LogP contribution in [0.5, 0.6) is 0 Å². The van der Waals surface area contributed by atoms with E-state index >= 15 is 0 Å². The number of aromatic nitrogens is 2. The molecule has 0 aliphatic carbocycles. The number of nitrogens with one attached hydrogen (secondary N) is 1. The molecule has 7 heteroatoms. The van der Waals surface area contributed by atoms with Crippen molar-refractivity contribution in [3.05, 3.63) is 40.4 Å². The Hall–Kier alpha value is -1.86. The highest BCUT2D eigenvalue weighted by Gasteiger charge is 2.13. The van der Waals surface area contributed by atoms with E-state index in [9.17, 15) is 4.79 Å². The van der Waals surface area contributed by atoms with E-state index in [2.05, 4.69) is 15.5 Å². The Bertz CT molecular complexity index is 624. The van der Waals surface area contributed by atoms with Gasteiger partial charge < -0.3 is 5.73 Å².